The Kier molecular flexibility index (Phi) is 14.6. The van der Waals surface area contributed by atoms with Crippen molar-refractivity contribution in [3.63, 3.8) is 0 Å². The van der Waals surface area contributed by atoms with Gasteiger partial charge in [0.2, 0.25) is 0 Å². The summed E-state index contributed by atoms with van der Waals surface area (Å²) in [7, 11) is 0. The number of Topliss-reactive ketones (excluding diaryl/α,β-unsaturated/α-hetero) is 3. The van der Waals surface area contributed by atoms with Crippen LogP contribution in [-0.2, 0) is 14.4 Å². The number of benzene rings is 1. The van der Waals surface area contributed by atoms with Gasteiger partial charge in [-0.2, -0.15) is 0 Å². The molecule has 2 rings (SSSR count). The molecule has 0 aromatic heterocycles. The van der Waals surface area contributed by atoms with Gasteiger partial charge in [0.05, 0.1) is 5.41 Å². The summed E-state index contributed by atoms with van der Waals surface area (Å²) < 4.78 is 0. The average molecular weight is 655 g/mol. The molecule has 1 fully saturated rings. The predicted molar refractivity (Wildman–Crippen MR) is 200 cm³/mol. The fraction of sp³-hybridized carbons (Fsp3) is 0.465. The molecule has 260 valence electrons. The minimum atomic E-state index is -1.64. The molecule has 0 radical (unpaired) electrons. The lowest BCUT2D eigenvalue weighted by molar-refractivity contribution is -0.155. The van der Waals surface area contributed by atoms with Crippen LogP contribution in [0.1, 0.15) is 119 Å². The van der Waals surface area contributed by atoms with Gasteiger partial charge in [0.1, 0.15) is 22.5 Å². The van der Waals surface area contributed by atoms with Gasteiger partial charge in [-0.05, 0) is 132 Å². The van der Waals surface area contributed by atoms with E-state index in [0.717, 1.165) is 40.7 Å². The third kappa shape index (κ3) is 10.0. The Bertz CT molecular complexity index is 1540. The van der Waals surface area contributed by atoms with E-state index in [1.165, 1.54) is 17.7 Å². The third-order valence-electron chi connectivity index (χ3n) is 9.37. The highest BCUT2D eigenvalue weighted by molar-refractivity contribution is 6.41. The minimum Gasteiger partial charge on any atom is -0.508 e. The molecule has 0 heterocycles. The van der Waals surface area contributed by atoms with Crippen molar-refractivity contribution in [2.45, 2.75) is 114 Å². The van der Waals surface area contributed by atoms with E-state index in [1.54, 1.807) is 12.1 Å². The van der Waals surface area contributed by atoms with E-state index in [2.05, 4.69) is 33.1 Å². The van der Waals surface area contributed by atoms with Crippen LogP contribution < -0.4 is 0 Å². The number of carbonyl (C=O) groups is 3. The zero-order valence-corrected chi connectivity index (χ0v) is 30.9. The number of hydrogen-bond acceptors (Lipinski definition) is 5. The monoisotopic (exact) mass is 654 g/mol. The van der Waals surface area contributed by atoms with Gasteiger partial charge in [-0.25, -0.2) is 0 Å². The van der Waals surface area contributed by atoms with E-state index in [1.807, 2.05) is 66.7 Å². The number of phenols is 1. The summed E-state index contributed by atoms with van der Waals surface area (Å²) in [6, 6.07) is 5.87. The zero-order valence-electron chi connectivity index (χ0n) is 30.9. The highest BCUT2D eigenvalue weighted by Crippen LogP contribution is 2.53. The molecule has 1 aromatic rings. The summed E-state index contributed by atoms with van der Waals surface area (Å²) in [5.74, 6) is -2.59. The second-order valence-corrected chi connectivity index (χ2v) is 14.7. The first-order chi connectivity index (χ1) is 22.4. The van der Waals surface area contributed by atoms with Gasteiger partial charge in [-0.3, -0.25) is 14.4 Å². The maximum atomic E-state index is 15.5. The molecule has 2 unspecified atom stereocenters. The summed E-state index contributed by atoms with van der Waals surface area (Å²) in [6.07, 6.45) is 11.3. The summed E-state index contributed by atoms with van der Waals surface area (Å²) in [6.45, 7) is 26.0. The third-order valence-corrected chi connectivity index (χ3v) is 9.37. The number of ketones is 3. The van der Waals surface area contributed by atoms with Crippen LogP contribution in [-0.4, -0.2) is 27.6 Å². The fourth-order valence-corrected chi connectivity index (χ4v) is 6.33. The molecule has 1 aromatic carbocycles. The van der Waals surface area contributed by atoms with Gasteiger partial charge in [-0.1, -0.05) is 76.5 Å². The van der Waals surface area contributed by atoms with E-state index in [-0.39, 0.29) is 48.5 Å². The van der Waals surface area contributed by atoms with E-state index in [4.69, 9.17) is 0 Å². The summed E-state index contributed by atoms with van der Waals surface area (Å²) in [5, 5.41) is 22.1. The molecular weight excluding hydrogens is 596 g/mol. The van der Waals surface area contributed by atoms with Crippen molar-refractivity contribution < 1.29 is 24.6 Å². The topological polar surface area (TPSA) is 91.7 Å². The van der Waals surface area contributed by atoms with Gasteiger partial charge in [0, 0.05) is 5.56 Å². The molecule has 2 N–H and O–H groups in total. The molecule has 5 nitrogen and oxygen atoms in total. The number of allylic oxidation sites excluding steroid dienone is 11. The predicted octanol–water partition coefficient (Wildman–Crippen LogP) is 11.1. The van der Waals surface area contributed by atoms with Crippen LogP contribution in [0.4, 0.5) is 0 Å². The molecule has 0 aliphatic heterocycles. The Labute approximate surface area is 289 Å². The molecule has 1 aliphatic rings. The zero-order chi connectivity index (χ0) is 36.4. The van der Waals surface area contributed by atoms with Crippen molar-refractivity contribution in [2.24, 2.45) is 16.7 Å². The van der Waals surface area contributed by atoms with Gasteiger partial charge in [-0.15, -0.1) is 6.58 Å². The number of aromatic hydroxyl groups is 1. The van der Waals surface area contributed by atoms with Crippen LogP contribution in [0, 0.1) is 16.7 Å². The summed E-state index contributed by atoms with van der Waals surface area (Å²) in [5.41, 5.74) is 2.47. The van der Waals surface area contributed by atoms with Crippen LogP contribution in [0.3, 0.4) is 0 Å². The number of aliphatic hydroxyl groups excluding tert-OH is 1. The van der Waals surface area contributed by atoms with E-state index < -0.39 is 33.9 Å². The Morgan fingerprint density at radius 2 is 1.31 bits per heavy atom. The Morgan fingerprint density at radius 1 is 0.771 bits per heavy atom. The molecule has 0 bridgehead atoms. The number of aliphatic hydroxyl groups is 1. The van der Waals surface area contributed by atoms with E-state index >= 15 is 9.59 Å². The van der Waals surface area contributed by atoms with Crippen LogP contribution in [0.25, 0.3) is 5.76 Å². The Morgan fingerprint density at radius 3 is 1.81 bits per heavy atom. The maximum Gasteiger partial charge on any atom is 0.184 e. The number of phenolic OH excluding ortho intramolecular Hbond substituents is 1. The van der Waals surface area contributed by atoms with Crippen molar-refractivity contribution in [1.82, 2.24) is 0 Å². The maximum absolute atomic E-state index is 15.5. The standard InChI is InChI=1S/C43H58O5/c1-28(2)14-12-15-33(11)22-25-43(27-35(32(9)10)19-18-29(3)4)40(47)37(38(45)34-16-13-17-36(44)26-34)39(46)42(41(43)48,23-20-30(5)6)24-21-31(7)8/h13-14,16-17,20-22,26,35,44-45H,3,9,12,15,18-19,23-25,27H2,1-2,4-8,10-11H3. The van der Waals surface area contributed by atoms with Gasteiger partial charge >= 0.3 is 0 Å². The Balaban J connectivity index is 3.08. The van der Waals surface area contributed by atoms with Crippen LogP contribution >= 0.6 is 0 Å². The highest BCUT2D eigenvalue weighted by Gasteiger charge is 2.64. The van der Waals surface area contributed by atoms with Crippen molar-refractivity contribution in [3.05, 3.63) is 106 Å². The second-order valence-electron chi connectivity index (χ2n) is 14.7. The molecular formula is C43H58O5. The van der Waals surface area contributed by atoms with Crippen molar-refractivity contribution in [3.8, 4) is 5.75 Å². The molecule has 48 heavy (non-hydrogen) atoms. The highest BCUT2D eigenvalue weighted by atomic mass is 16.3. The van der Waals surface area contributed by atoms with Crippen molar-refractivity contribution >= 4 is 23.1 Å². The lowest BCUT2D eigenvalue weighted by atomic mass is 9.52. The van der Waals surface area contributed by atoms with Crippen LogP contribution in [0.2, 0.25) is 0 Å². The van der Waals surface area contributed by atoms with Crippen molar-refractivity contribution in [2.75, 3.05) is 0 Å². The molecule has 5 heteroatoms. The summed E-state index contributed by atoms with van der Waals surface area (Å²) in [4.78, 5) is 45.4. The van der Waals surface area contributed by atoms with Gasteiger partial charge in [0.15, 0.2) is 17.3 Å². The number of carbonyl (C=O) groups excluding carboxylic acids is 3. The lowest BCUT2D eigenvalue weighted by Crippen LogP contribution is -2.59. The second kappa shape index (κ2) is 17.4. The number of hydrogen-bond donors (Lipinski definition) is 2. The molecule has 1 aliphatic carbocycles. The first kappa shape index (κ1) is 40.2. The SMILES string of the molecule is C=C(C)CCC(CC1(CC=C(C)CCC=C(C)C)C(=O)C(=C(O)c2cccc(O)c2)C(=O)C(CC=C(C)C)(CC=C(C)C)C1=O)C(=C)C. The first-order valence-corrected chi connectivity index (χ1v) is 17.1. The van der Waals surface area contributed by atoms with Crippen LogP contribution in [0.5, 0.6) is 5.75 Å². The smallest absolute Gasteiger partial charge is 0.184 e. The molecule has 1 saturated carbocycles. The quantitative estimate of drug-likeness (QED) is 0.0608. The first-order valence-electron chi connectivity index (χ1n) is 17.1. The Hall–Kier alpha value is -3.99. The summed E-state index contributed by atoms with van der Waals surface area (Å²) >= 11 is 0. The van der Waals surface area contributed by atoms with Gasteiger partial charge in [0.25, 0.3) is 0 Å². The molecule has 0 saturated heterocycles. The minimum absolute atomic E-state index is 0.0927. The van der Waals surface area contributed by atoms with Crippen molar-refractivity contribution in [1.29, 1.82) is 0 Å². The van der Waals surface area contributed by atoms with E-state index in [9.17, 15) is 15.0 Å². The normalized spacial score (nSPS) is 19.4. The van der Waals surface area contributed by atoms with Crippen LogP contribution in [0.15, 0.2) is 101 Å². The average Bonchev–Trinajstić information content (AvgIpc) is 2.99. The van der Waals surface area contributed by atoms with Gasteiger partial charge < -0.3 is 10.2 Å². The largest absolute Gasteiger partial charge is 0.508 e. The molecule has 0 amide bonds. The number of rotatable bonds is 16. The molecule has 0 spiro atoms. The van der Waals surface area contributed by atoms with E-state index in [0.29, 0.717) is 12.8 Å². The lowest BCUT2D eigenvalue weighted by Gasteiger charge is -2.46. The molecule has 2 atom stereocenters. The fourth-order valence-electron chi connectivity index (χ4n) is 6.33.